The summed E-state index contributed by atoms with van der Waals surface area (Å²) in [6.45, 7) is 7.78. The first-order chi connectivity index (χ1) is 14.1. The molecule has 0 heterocycles. The van der Waals surface area contributed by atoms with Crippen molar-refractivity contribution in [2.75, 3.05) is 7.11 Å². The molecule has 0 bridgehead atoms. The van der Waals surface area contributed by atoms with Crippen molar-refractivity contribution in [1.82, 2.24) is 4.90 Å². The summed E-state index contributed by atoms with van der Waals surface area (Å²) in [5.74, 6) is -0.998. The van der Waals surface area contributed by atoms with Crippen molar-refractivity contribution >= 4 is 16.0 Å². The van der Waals surface area contributed by atoms with Crippen LogP contribution in [0.3, 0.4) is 0 Å². The Hall–Kier alpha value is -2.61. The average Bonchev–Trinajstić information content (AvgIpc) is 2.71. The van der Waals surface area contributed by atoms with Crippen molar-refractivity contribution in [3.8, 4) is 11.5 Å². The molecule has 2 rings (SSSR count). The summed E-state index contributed by atoms with van der Waals surface area (Å²) in [6.07, 6.45) is 0.755. The molecule has 2 aromatic carbocycles. The SMILES string of the molecule is CCC(C)N(Cc1ccccc1OS(=O)(=O)c1ccc(OC)c(F)c1)C(=O)C(C)C. The second-order valence-corrected chi connectivity index (χ2v) is 8.87. The van der Waals surface area contributed by atoms with Gasteiger partial charge >= 0.3 is 10.1 Å². The summed E-state index contributed by atoms with van der Waals surface area (Å²) >= 11 is 0. The van der Waals surface area contributed by atoms with E-state index in [-0.39, 0.29) is 40.8 Å². The Morgan fingerprint density at radius 3 is 2.33 bits per heavy atom. The molecule has 0 spiro atoms. The minimum atomic E-state index is -4.28. The van der Waals surface area contributed by atoms with Crippen LogP contribution in [0.4, 0.5) is 4.39 Å². The molecular weight excluding hydrogens is 409 g/mol. The molecule has 0 aliphatic heterocycles. The highest BCUT2D eigenvalue weighted by molar-refractivity contribution is 7.87. The molecule has 30 heavy (non-hydrogen) atoms. The highest BCUT2D eigenvalue weighted by Crippen LogP contribution is 2.27. The second-order valence-electron chi connectivity index (χ2n) is 7.32. The van der Waals surface area contributed by atoms with E-state index in [9.17, 15) is 17.6 Å². The molecule has 0 fully saturated rings. The number of ether oxygens (including phenoxy) is 1. The summed E-state index contributed by atoms with van der Waals surface area (Å²) in [4.78, 5) is 14.1. The Morgan fingerprint density at radius 2 is 1.77 bits per heavy atom. The van der Waals surface area contributed by atoms with E-state index in [1.165, 1.54) is 25.3 Å². The molecule has 164 valence electrons. The predicted octanol–water partition coefficient (Wildman–Crippen LogP) is 4.39. The molecule has 6 nitrogen and oxygen atoms in total. The summed E-state index contributed by atoms with van der Waals surface area (Å²) in [5, 5.41) is 0. The van der Waals surface area contributed by atoms with Crippen LogP contribution in [0.15, 0.2) is 47.4 Å². The maximum atomic E-state index is 14.0. The van der Waals surface area contributed by atoms with Crippen LogP contribution < -0.4 is 8.92 Å². The lowest BCUT2D eigenvalue weighted by Crippen LogP contribution is -2.40. The molecule has 8 heteroatoms. The number of halogens is 1. The first-order valence-corrected chi connectivity index (χ1v) is 11.2. The van der Waals surface area contributed by atoms with Gasteiger partial charge in [-0.3, -0.25) is 4.79 Å². The standard InChI is InChI=1S/C22H28FNO5S/c1-6-16(4)24(22(25)15(2)3)14-17-9-7-8-10-20(17)29-30(26,27)18-11-12-21(28-5)19(23)13-18/h7-13,15-16H,6,14H2,1-5H3. The highest BCUT2D eigenvalue weighted by atomic mass is 32.2. The smallest absolute Gasteiger partial charge is 0.339 e. The fraction of sp³-hybridized carbons (Fsp3) is 0.409. The first-order valence-electron chi connectivity index (χ1n) is 9.77. The van der Waals surface area contributed by atoms with E-state index < -0.39 is 15.9 Å². The molecule has 2 aromatic rings. The Balaban J connectivity index is 2.36. The number of carbonyl (C=O) groups is 1. The highest BCUT2D eigenvalue weighted by Gasteiger charge is 2.25. The summed E-state index contributed by atoms with van der Waals surface area (Å²) < 4.78 is 49.5. The summed E-state index contributed by atoms with van der Waals surface area (Å²) in [7, 11) is -2.99. The largest absolute Gasteiger partial charge is 0.494 e. The van der Waals surface area contributed by atoms with Crippen molar-refractivity contribution in [3.05, 3.63) is 53.8 Å². The van der Waals surface area contributed by atoms with Crippen LogP contribution >= 0.6 is 0 Å². The van der Waals surface area contributed by atoms with Crippen LogP contribution in [0.1, 0.15) is 39.7 Å². The molecular formula is C22H28FNO5S. The maximum absolute atomic E-state index is 14.0. The number of benzene rings is 2. The van der Waals surface area contributed by atoms with Crippen molar-refractivity contribution in [2.24, 2.45) is 5.92 Å². The molecule has 0 aliphatic carbocycles. The molecule has 1 atom stereocenters. The second kappa shape index (κ2) is 9.93. The van der Waals surface area contributed by atoms with E-state index in [2.05, 4.69) is 0 Å². The monoisotopic (exact) mass is 437 g/mol. The lowest BCUT2D eigenvalue weighted by atomic mass is 10.1. The average molecular weight is 438 g/mol. The third-order valence-corrected chi connectivity index (χ3v) is 6.05. The van der Waals surface area contributed by atoms with E-state index in [0.29, 0.717) is 5.56 Å². The van der Waals surface area contributed by atoms with Gasteiger partial charge in [0, 0.05) is 24.1 Å². The molecule has 1 amide bonds. The van der Waals surface area contributed by atoms with Gasteiger partial charge in [0.1, 0.15) is 10.6 Å². The number of hydrogen-bond acceptors (Lipinski definition) is 5. The minimum absolute atomic E-state index is 0.0275. The lowest BCUT2D eigenvalue weighted by molar-refractivity contribution is -0.137. The van der Waals surface area contributed by atoms with Crippen molar-refractivity contribution in [3.63, 3.8) is 0 Å². The Morgan fingerprint density at radius 1 is 1.10 bits per heavy atom. The fourth-order valence-corrected chi connectivity index (χ4v) is 3.85. The van der Waals surface area contributed by atoms with Gasteiger partial charge in [0.05, 0.1) is 7.11 Å². The lowest BCUT2D eigenvalue weighted by Gasteiger charge is -2.31. The Bertz CT molecular complexity index is 991. The zero-order chi connectivity index (χ0) is 22.5. The van der Waals surface area contributed by atoms with Gasteiger partial charge in [0.25, 0.3) is 0 Å². The van der Waals surface area contributed by atoms with E-state index >= 15 is 0 Å². The van der Waals surface area contributed by atoms with Crippen molar-refractivity contribution in [2.45, 2.75) is 51.6 Å². The van der Waals surface area contributed by atoms with Crippen LogP contribution in [0.25, 0.3) is 0 Å². The minimum Gasteiger partial charge on any atom is -0.494 e. The van der Waals surface area contributed by atoms with Gasteiger partial charge in [-0.05, 0) is 37.6 Å². The number of methoxy groups -OCH3 is 1. The fourth-order valence-electron chi connectivity index (χ4n) is 2.87. The zero-order valence-corrected chi connectivity index (χ0v) is 18.7. The van der Waals surface area contributed by atoms with Crippen molar-refractivity contribution < 1.29 is 26.5 Å². The van der Waals surface area contributed by atoms with Gasteiger partial charge in [0.2, 0.25) is 5.91 Å². The van der Waals surface area contributed by atoms with E-state index in [4.69, 9.17) is 8.92 Å². The van der Waals surface area contributed by atoms with Gasteiger partial charge in [-0.1, -0.05) is 39.0 Å². The van der Waals surface area contributed by atoms with E-state index in [1.807, 2.05) is 27.7 Å². The molecule has 0 saturated heterocycles. The zero-order valence-electron chi connectivity index (χ0n) is 17.9. The molecule has 0 radical (unpaired) electrons. The first kappa shape index (κ1) is 23.7. The normalized spacial score (nSPS) is 12.5. The number of hydrogen-bond donors (Lipinski definition) is 0. The number of para-hydroxylation sites is 1. The molecule has 0 N–H and O–H groups in total. The van der Waals surface area contributed by atoms with Crippen LogP contribution in [0.2, 0.25) is 0 Å². The topological polar surface area (TPSA) is 72.9 Å². The number of amides is 1. The molecule has 1 unspecified atom stereocenters. The number of nitrogens with zero attached hydrogens (tertiary/aromatic N) is 1. The van der Waals surface area contributed by atoms with Crippen LogP contribution in [0, 0.1) is 11.7 Å². The van der Waals surface area contributed by atoms with Gasteiger partial charge in [-0.2, -0.15) is 8.42 Å². The third-order valence-electron chi connectivity index (χ3n) is 4.82. The predicted molar refractivity (Wildman–Crippen MR) is 112 cm³/mol. The van der Waals surface area contributed by atoms with Crippen LogP contribution in [0.5, 0.6) is 11.5 Å². The van der Waals surface area contributed by atoms with E-state index in [0.717, 1.165) is 12.5 Å². The Kier molecular flexibility index (Phi) is 7.83. The third kappa shape index (κ3) is 5.50. The van der Waals surface area contributed by atoms with Crippen LogP contribution in [-0.2, 0) is 21.5 Å². The number of rotatable bonds is 9. The summed E-state index contributed by atoms with van der Waals surface area (Å²) in [5.41, 5.74) is 0.546. The van der Waals surface area contributed by atoms with Gasteiger partial charge in [0.15, 0.2) is 11.6 Å². The number of carbonyl (C=O) groups excluding carboxylic acids is 1. The van der Waals surface area contributed by atoms with Gasteiger partial charge < -0.3 is 13.8 Å². The van der Waals surface area contributed by atoms with Gasteiger partial charge in [-0.25, -0.2) is 4.39 Å². The summed E-state index contributed by atoms with van der Waals surface area (Å²) in [6, 6.07) is 9.88. The Labute approximate surface area is 177 Å². The van der Waals surface area contributed by atoms with E-state index in [1.54, 1.807) is 23.1 Å². The molecule has 0 saturated carbocycles. The quantitative estimate of drug-likeness (QED) is 0.544. The van der Waals surface area contributed by atoms with Crippen molar-refractivity contribution in [1.29, 1.82) is 0 Å². The van der Waals surface area contributed by atoms with Crippen LogP contribution in [-0.4, -0.2) is 32.4 Å². The van der Waals surface area contributed by atoms with Gasteiger partial charge in [-0.15, -0.1) is 0 Å². The molecule has 0 aliphatic rings. The molecule has 0 aromatic heterocycles. The maximum Gasteiger partial charge on any atom is 0.339 e.